The van der Waals surface area contributed by atoms with Crippen molar-refractivity contribution in [3.05, 3.63) is 99.7 Å². The third-order valence-electron chi connectivity index (χ3n) is 8.48. The predicted octanol–water partition coefficient (Wildman–Crippen LogP) is 7.66. The Kier molecular flexibility index (Phi) is 8.10. The fourth-order valence-electron chi connectivity index (χ4n) is 6.31. The number of hydrogen-bond donors (Lipinski definition) is 0. The molecule has 4 aromatic rings. The lowest BCUT2D eigenvalue weighted by atomic mass is 9.90. The molecule has 4 nitrogen and oxygen atoms in total. The van der Waals surface area contributed by atoms with Gasteiger partial charge in [0.1, 0.15) is 0 Å². The van der Waals surface area contributed by atoms with E-state index in [0.29, 0.717) is 0 Å². The molecule has 0 saturated carbocycles. The van der Waals surface area contributed by atoms with Crippen molar-refractivity contribution in [1.82, 2.24) is 15.0 Å². The van der Waals surface area contributed by atoms with Crippen molar-refractivity contribution in [1.29, 1.82) is 0 Å². The van der Waals surface area contributed by atoms with Gasteiger partial charge in [0.05, 0.1) is 5.69 Å². The fourth-order valence-corrected chi connectivity index (χ4v) is 6.44. The van der Waals surface area contributed by atoms with Gasteiger partial charge in [-0.15, -0.1) is 0 Å². The number of piperidine rings is 1. The number of nitrogens with zero attached hydrogens (tertiary/aromatic N) is 3. The molecule has 3 heterocycles. The zero-order valence-corrected chi connectivity index (χ0v) is 23.0. The first-order valence-corrected chi connectivity index (χ1v) is 14.7. The van der Waals surface area contributed by atoms with Crippen LogP contribution in [0.2, 0.25) is 5.02 Å². The number of aromatic nitrogens is 1. The Balaban J connectivity index is 1.03. The van der Waals surface area contributed by atoms with Crippen molar-refractivity contribution in [3.8, 4) is 0 Å². The second-order valence-corrected chi connectivity index (χ2v) is 11.7. The van der Waals surface area contributed by atoms with Crippen molar-refractivity contribution >= 4 is 22.6 Å². The minimum Gasteiger partial charge on any atom is -0.356 e. The molecule has 5 heteroatoms. The topological polar surface area (TPSA) is 32.5 Å². The molecular weight excluding hydrogens is 490 g/mol. The molecule has 0 unspecified atom stereocenters. The number of halogens is 1. The van der Waals surface area contributed by atoms with Gasteiger partial charge >= 0.3 is 0 Å². The fraction of sp³-hybridized carbons (Fsp3) is 0.424. The number of hydrogen-bond acceptors (Lipinski definition) is 4. The Morgan fingerprint density at radius 1 is 0.842 bits per heavy atom. The van der Waals surface area contributed by atoms with Crippen molar-refractivity contribution in [2.24, 2.45) is 5.92 Å². The van der Waals surface area contributed by atoms with Gasteiger partial charge in [-0.1, -0.05) is 59.2 Å². The van der Waals surface area contributed by atoms with Crippen LogP contribution in [0.4, 0.5) is 0 Å². The molecule has 0 atom stereocenters. The van der Waals surface area contributed by atoms with Gasteiger partial charge in [0.25, 0.3) is 0 Å². The molecule has 1 aromatic heterocycles. The van der Waals surface area contributed by atoms with Gasteiger partial charge in [-0.05, 0) is 117 Å². The highest BCUT2D eigenvalue weighted by Crippen LogP contribution is 2.30. The lowest BCUT2D eigenvalue weighted by Gasteiger charge is -2.32. The summed E-state index contributed by atoms with van der Waals surface area (Å²) in [6.07, 6.45) is 8.34. The average Bonchev–Trinajstić information content (AvgIpc) is 3.21. The molecule has 0 bridgehead atoms. The van der Waals surface area contributed by atoms with Crippen LogP contribution in [0.5, 0.6) is 0 Å². The lowest BCUT2D eigenvalue weighted by molar-refractivity contribution is 0.171. The largest absolute Gasteiger partial charge is 0.356 e. The summed E-state index contributed by atoms with van der Waals surface area (Å²) < 4.78 is 5.82. The molecule has 1 saturated heterocycles. The summed E-state index contributed by atoms with van der Waals surface area (Å²) in [4.78, 5) is 5.16. The normalized spacial score (nSPS) is 17.5. The zero-order chi connectivity index (χ0) is 25.7. The van der Waals surface area contributed by atoms with Gasteiger partial charge in [0.15, 0.2) is 5.58 Å². The third-order valence-corrected chi connectivity index (χ3v) is 8.73. The number of fused-ring (bicyclic) bond motifs is 2. The van der Waals surface area contributed by atoms with Crippen LogP contribution in [0.25, 0.3) is 11.0 Å². The van der Waals surface area contributed by atoms with Crippen LogP contribution in [0, 0.1) is 5.92 Å². The van der Waals surface area contributed by atoms with Crippen molar-refractivity contribution in [2.45, 2.75) is 64.6 Å². The number of benzene rings is 3. The van der Waals surface area contributed by atoms with E-state index in [2.05, 4.69) is 69.6 Å². The van der Waals surface area contributed by atoms with E-state index in [1.165, 1.54) is 72.8 Å². The highest BCUT2D eigenvalue weighted by Gasteiger charge is 2.21. The molecule has 2 aliphatic rings. The van der Waals surface area contributed by atoms with Crippen LogP contribution in [0.15, 0.2) is 71.3 Å². The van der Waals surface area contributed by atoms with E-state index >= 15 is 0 Å². The Morgan fingerprint density at radius 2 is 1.61 bits per heavy atom. The molecule has 0 spiro atoms. The molecular formula is C33H38ClN3O. The number of likely N-dealkylation sites (tertiary alicyclic amines) is 1. The standard InChI is InChI=1S/C33H38ClN3O/c34-30-13-11-27(12-14-30)22-36-18-15-25(16-19-36)8-4-10-32-31-20-29-24-37(23-26-6-2-1-3-7-26)17-5-9-28(29)21-33(31)38-35-32/h1-3,6-7,11-14,20-21,25H,4-5,8-10,15-19,22-24H2. The molecule has 6 rings (SSSR count). The summed E-state index contributed by atoms with van der Waals surface area (Å²) in [5.74, 6) is 0.817. The minimum atomic E-state index is 0.813. The van der Waals surface area contributed by atoms with Crippen LogP contribution in [0.1, 0.15) is 60.1 Å². The van der Waals surface area contributed by atoms with E-state index in [4.69, 9.17) is 16.1 Å². The maximum absolute atomic E-state index is 6.04. The SMILES string of the molecule is Clc1ccc(CN2CCC(CCCc3noc4cc5c(cc34)CN(Cc3ccccc3)CCC5)CC2)cc1. The third kappa shape index (κ3) is 6.31. The van der Waals surface area contributed by atoms with E-state index in [1.54, 1.807) is 0 Å². The molecule has 38 heavy (non-hydrogen) atoms. The molecule has 0 aliphatic carbocycles. The molecule has 198 valence electrons. The first-order chi connectivity index (χ1) is 18.7. The highest BCUT2D eigenvalue weighted by molar-refractivity contribution is 6.30. The number of rotatable bonds is 8. The van der Waals surface area contributed by atoms with E-state index in [1.807, 2.05) is 12.1 Å². The Morgan fingerprint density at radius 3 is 2.42 bits per heavy atom. The van der Waals surface area contributed by atoms with Crippen LogP contribution in [-0.2, 0) is 32.5 Å². The maximum atomic E-state index is 6.04. The van der Waals surface area contributed by atoms with Gasteiger partial charge in [-0.2, -0.15) is 0 Å². The molecule has 2 aliphatic heterocycles. The average molecular weight is 528 g/mol. The summed E-state index contributed by atoms with van der Waals surface area (Å²) in [5, 5.41) is 6.56. The molecule has 0 amide bonds. The van der Waals surface area contributed by atoms with E-state index in [-0.39, 0.29) is 0 Å². The van der Waals surface area contributed by atoms with Gasteiger partial charge in [0, 0.05) is 30.0 Å². The second kappa shape index (κ2) is 12.0. The Labute approximate surface area is 231 Å². The quantitative estimate of drug-likeness (QED) is 0.235. The number of aryl methyl sites for hydroxylation is 2. The summed E-state index contributed by atoms with van der Waals surface area (Å²) >= 11 is 6.04. The summed E-state index contributed by atoms with van der Waals surface area (Å²) in [6.45, 7) is 6.54. The van der Waals surface area contributed by atoms with Gasteiger partial charge in [-0.3, -0.25) is 9.80 Å². The monoisotopic (exact) mass is 527 g/mol. The van der Waals surface area contributed by atoms with Crippen molar-refractivity contribution < 1.29 is 4.52 Å². The second-order valence-electron chi connectivity index (χ2n) is 11.3. The Bertz CT molecular complexity index is 1330. The van der Waals surface area contributed by atoms with E-state index in [0.717, 1.165) is 61.2 Å². The predicted molar refractivity (Wildman–Crippen MR) is 155 cm³/mol. The molecule has 3 aromatic carbocycles. The lowest BCUT2D eigenvalue weighted by Crippen LogP contribution is -2.33. The highest BCUT2D eigenvalue weighted by atomic mass is 35.5. The first-order valence-electron chi connectivity index (χ1n) is 14.3. The van der Waals surface area contributed by atoms with Gasteiger partial charge < -0.3 is 4.52 Å². The van der Waals surface area contributed by atoms with Crippen LogP contribution < -0.4 is 0 Å². The minimum absolute atomic E-state index is 0.813. The smallest absolute Gasteiger partial charge is 0.167 e. The van der Waals surface area contributed by atoms with Crippen LogP contribution in [-0.4, -0.2) is 34.6 Å². The molecule has 0 N–H and O–H groups in total. The van der Waals surface area contributed by atoms with Crippen molar-refractivity contribution in [3.63, 3.8) is 0 Å². The summed E-state index contributed by atoms with van der Waals surface area (Å²) in [5.41, 5.74) is 7.72. The van der Waals surface area contributed by atoms with Crippen molar-refractivity contribution in [2.75, 3.05) is 19.6 Å². The van der Waals surface area contributed by atoms with E-state index in [9.17, 15) is 0 Å². The van der Waals surface area contributed by atoms with Crippen LogP contribution in [0.3, 0.4) is 0 Å². The van der Waals surface area contributed by atoms with Crippen LogP contribution >= 0.6 is 11.6 Å². The molecule has 1 fully saturated rings. The van der Waals surface area contributed by atoms with Gasteiger partial charge in [-0.25, -0.2) is 0 Å². The van der Waals surface area contributed by atoms with Gasteiger partial charge in [0.2, 0.25) is 0 Å². The van der Waals surface area contributed by atoms with E-state index < -0.39 is 0 Å². The Hall–Kier alpha value is -2.66. The molecule has 0 radical (unpaired) electrons. The maximum Gasteiger partial charge on any atom is 0.167 e. The summed E-state index contributed by atoms with van der Waals surface area (Å²) in [6, 6.07) is 23.8. The first kappa shape index (κ1) is 25.6. The zero-order valence-electron chi connectivity index (χ0n) is 22.2. The summed E-state index contributed by atoms with van der Waals surface area (Å²) in [7, 11) is 0.